The van der Waals surface area contributed by atoms with Crippen molar-refractivity contribution in [3.05, 3.63) is 143 Å². The van der Waals surface area contributed by atoms with Crippen molar-refractivity contribution in [3.8, 4) is 6.19 Å². The van der Waals surface area contributed by atoms with Crippen molar-refractivity contribution in [2.24, 2.45) is 4.99 Å². The summed E-state index contributed by atoms with van der Waals surface area (Å²) in [5.41, 5.74) is 2.47. The molecule has 0 unspecified atom stereocenters. The molecule has 4 nitrogen and oxygen atoms in total. The number of aliphatic imine (C=N–C) groups is 1. The van der Waals surface area contributed by atoms with Gasteiger partial charge in [0.15, 0.2) is 6.19 Å². The molecule has 0 aromatic heterocycles. The standard InChI is InChI=1S/C28H20F4N4/c29-22-9-1-18(2-10-22)26(19-3-11-23(30)12-4-19)35-28(34-17-33)36-27(20-5-13-24(31)14-6-20)21-7-15-25(32)16-8-21/h1-16,26-27H,(H2,34,35,36). The normalized spacial score (nSPS) is 11.4. The average Bonchev–Trinajstić information content (AvgIpc) is 2.88. The minimum atomic E-state index is -0.725. The van der Waals surface area contributed by atoms with Crippen LogP contribution in [0.4, 0.5) is 17.6 Å². The Kier molecular flexibility index (Phi) is 7.61. The Morgan fingerprint density at radius 3 is 1.25 bits per heavy atom. The van der Waals surface area contributed by atoms with Gasteiger partial charge in [-0.3, -0.25) is 5.32 Å². The lowest BCUT2D eigenvalue weighted by Crippen LogP contribution is -2.38. The van der Waals surface area contributed by atoms with E-state index >= 15 is 0 Å². The molecule has 0 radical (unpaired) electrons. The van der Waals surface area contributed by atoms with Gasteiger partial charge in [0.2, 0.25) is 5.96 Å². The zero-order chi connectivity index (χ0) is 25.5. The molecular formula is C28H20F4N4. The molecule has 0 saturated carbocycles. The van der Waals surface area contributed by atoms with Crippen LogP contribution in [0.1, 0.15) is 34.3 Å². The van der Waals surface area contributed by atoms with E-state index in [4.69, 9.17) is 0 Å². The summed E-state index contributed by atoms with van der Waals surface area (Å²) in [5.74, 6) is -1.65. The maximum atomic E-state index is 13.6. The number of nitriles is 1. The molecule has 4 rings (SSSR count). The van der Waals surface area contributed by atoms with E-state index in [-0.39, 0.29) is 5.96 Å². The van der Waals surface area contributed by atoms with E-state index in [1.54, 1.807) is 48.5 Å². The number of nitrogens with zero attached hydrogens (tertiary/aromatic N) is 2. The second-order valence-corrected chi connectivity index (χ2v) is 7.90. The molecule has 0 aliphatic heterocycles. The summed E-state index contributed by atoms with van der Waals surface area (Å²) in [6, 6.07) is 21.4. The van der Waals surface area contributed by atoms with Crippen LogP contribution in [0.15, 0.2) is 102 Å². The van der Waals surface area contributed by atoms with Gasteiger partial charge in [-0.15, -0.1) is 0 Å². The third-order valence-corrected chi connectivity index (χ3v) is 5.49. The second kappa shape index (κ2) is 11.2. The summed E-state index contributed by atoms with van der Waals surface area (Å²) >= 11 is 0. The van der Waals surface area contributed by atoms with Crippen molar-refractivity contribution < 1.29 is 17.6 Å². The van der Waals surface area contributed by atoms with Crippen LogP contribution >= 0.6 is 0 Å². The van der Waals surface area contributed by atoms with Crippen LogP contribution in [0.3, 0.4) is 0 Å². The van der Waals surface area contributed by atoms with Crippen LogP contribution in [-0.4, -0.2) is 5.96 Å². The van der Waals surface area contributed by atoms with Crippen LogP contribution < -0.4 is 10.6 Å². The molecule has 2 N–H and O–H groups in total. The second-order valence-electron chi connectivity index (χ2n) is 7.90. The van der Waals surface area contributed by atoms with E-state index in [9.17, 15) is 22.8 Å². The fraction of sp³-hybridized carbons (Fsp3) is 0.0714. The predicted molar refractivity (Wildman–Crippen MR) is 129 cm³/mol. The first kappa shape index (κ1) is 24.5. The molecular weight excluding hydrogens is 468 g/mol. The van der Waals surface area contributed by atoms with E-state index in [1.165, 1.54) is 48.5 Å². The molecule has 0 heterocycles. The van der Waals surface area contributed by atoms with Crippen LogP contribution in [0.5, 0.6) is 0 Å². The molecule has 0 bridgehead atoms. The summed E-state index contributed by atoms with van der Waals surface area (Å²) in [6.07, 6.45) is 1.84. The first-order valence-electron chi connectivity index (χ1n) is 10.9. The number of benzene rings is 4. The Bertz CT molecular complexity index is 1270. The Labute approximate surface area is 205 Å². The van der Waals surface area contributed by atoms with E-state index in [1.807, 2.05) is 6.19 Å². The number of rotatable bonds is 6. The molecule has 0 fully saturated rings. The van der Waals surface area contributed by atoms with Crippen molar-refractivity contribution in [2.45, 2.75) is 12.1 Å². The van der Waals surface area contributed by atoms with Gasteiger partial charge in [-0.05, 0) is 70.8 Å². The van der Waals surface area contributed by atoms with Gasteiger partial charge in [-0.1, -0.05) is 48.5 Å². The first-order chi connectivity index (χ1) is 17.4. The van der Waals surface area contributed by atoms with Gasteiger partial charge in [0.25, 0.3) is 0 Å². The average molecular weight is 488 g/mol. The number of guanidine groups is 1. The van der Waals surface area contributed by atoms with Gasteiger partial charge in [0.1, 0.15) is 29.3 Å². The van der Waals surface area contributed by atoms with Crippen LogP contribution in [-0.2, 0) is 0 Å². The zero-order valence-electron chi connectivity index (χ0n) is 18.8. The molecule has 0 amide bonds. The lowest BCUT2D eigenvalue weighted by Gasteiger charge is -2.23. The van der Waals surface area contributed by atoms with Crippen LogP contribution in [0.25, 0.3) is 0 Å². The molecule has 4 aromatic carbocycles. The predicted octanol–water partition coefficient (Wildman–Crippen LogP) is 6.14. The third kappa shape index (κ3) is 6.07. The van der Waals surface area contributed by atoms with Gasteiger partial charge < -0.3 is 5.32 Å². The highest BCUT2D eigenvalue weighted by molar-refractivity contribution is 5.82. The smallest absolute Gasteiger partial charge is 0.206 e. The van der Waals surface area contributed by atoms with Gasteiger partial charge in [0.05, 0.1) is 6.04 Å². The maximum absolute atomic E-state index is 13.6. The SMILES string of the molecule is N#CNC(=NC(c1ccc(F)cc1)c1ccc(F)cc1)NC(c1ccc(F)cc1)c1ccc(F)cc1. The monoisotopic (exact) mass is 488 g/mol. The van der Waals surface area contributed by atoms with Crippen LogP contribution in [0.2, 0.25) is 0 Å². The first-order valence-corrected chi connectivity index (χ1v) is 10.9. The number of halogens is 4. The van der Waals surface area contributed by atoms with Crippen molar-refractivity contribution in [1.29, 1.82) is 5.26 Å². The lowest BCUT2D eigenvalue weighted by atomic mass is 9.98. The molecule has 180 valence electrons. The molecule has 0 aliphatic carbocycles. The third-order valence-electron chi connectivity index (χ3n) is 5.49. The summed E-state index contributed by atoms with van der Waals surface area (Å²) in [5, 5.41) is 15.1. The lowest BCUT2D eigenvalue weighted by molar-refractivity contribution is 0.623. The van der Waals surface area contributed by atoms with E-state index in [0.29, 0.717) is 22.3 Å². The number of hydrogen-bond acceptors (Lipinski definition) is 2. The van der Waals surface area contributed by atoms with Gasteiger partial charge >= 0.3 is 0 Å². The fourth-order valence-corrected chi connectivity index (χ4v) is 3.73. The van der Waals surface area contributed by atoms with E-state index in [0.717, 1.165) is 0 Å². The zero-order valence-corrected chi connectivity index (χ0v) is 18.8. The van der Waals surface area contributed by atoms with Gasteiger partial charge in [-0.25, -0.2) is 22.6 Å². The fourth-order valence-electron chi connectivity index (χ4n) is 3.73. The molecule has 36 heavy (non-hydrogen) atoms. The molecule has 0 spiro atoms. The van der Waals surface area contributed by atoms with Crippen molar-refractivity contribution in [3.63, 3.8) is 0 Å². The Morgan fingerprint density at radius 2 is 0.917 bits per heavy atom. The summed E-state index contributed by atoms with van der Waals surface area (Å²) in [6.45, 7) is 0. The topological polar surface area (TPSA) is 60.2 Å². The number of nitrogens with one attached hydrogen (secondary N) is 2. The Balaban J connectivity index is 1.78. The highest BCUT2D eigenvalue weighted by Gasteiger charge is 2.20. The minimum absolute atomic E-state index is 0.0507. The van der Waals surface area contributed by atoms with E-state index in [2.05, 4.69) is 15.6 Å². The quantitative estimate of drug-likeness (QED) is 0.113. The molecule has 8 heteroatoms. The number of hydrogen-bond donors (Lipinski definition) is 2. The van der Waals surface area contributed by atoms with Gasteiger partial charge in [-0.2, -0.15) is 5.26 Å². The van der Waals surface area contributed by atoms with Crippen molar-refractivity contribution in [2.75, 3.05) is 0 Å². The molecule has 0 aliphatic rings. The maximum Gasteiger partial charge on any atom is 0.206 e. The molecule has 0 saturated heterocycles. The summed E-state index contributed by atoms with van der Waals surface area (Å²) < 4.78 is 54.4. The Morgan fingerprint density at radius 1 is 0.583 bits per heavy atom. The van der Waals surface area contributed by atoms with Gasteiger partial charge in [0, 0.05) is 0 Å². The van der Waals surface area contributed by atoms with Crippen molar-refractivity contribution >= 4 is 5.96 Å². The molecule has 0 atom stereocenters. The summed E-state index contributed by atoms with van der Waals surface area (Å²) in [7, 11) is 0. The largest absolute Gasteiger partial charge is 0.345 e. The van der Waals surface area contributed by atoms with E-state index < -0.39 is 35.4 Å². The minimum Gasteiger partial charge on any atom is -0.345 e. The molecule has 4 aromatic rings. The summed E-state index contributed by atoms with van der Waals surface area (Å²) in [4.78, 5) is 4.67. The van der Waals surface area contributed by atoms with Crippen molar-refractivity contribution in [1.82, 2.24) is 10.6 Å². The Hall–Kier alpha value is -4.64. The highest BCUT2D eigenvalue weighted by Crippen LogP contribution is 2.28. The van der Waals surface area contributed by atoms with Crippen LogP contribution in [0, 0.1) is 34.7 Å². The highest BCUT2D eigenvalue weighted by atomic mass is 19.1.